The molecule has 0 aliphatic heterocycles. The Kier molecular flexibility index (Phi) is 5.18. The molecular weight excluding hydrogens is 314 g/mol. The molecule has 23 heavy (non-hydrogen) atoms. The Labute approximate surface area is 135 Å². The third kappa shape index (κ3) is 5.27. The number of ketones is 1. The van der Waals surface area contributed by atoms with Gasteiger partial charge < -0.3 is 4.74 Å². The monoisotopic (exact) mass is 331 g/mol. The zero-order valence-corrected chi connectivity index (χ0v) is 13.6. The third-order valence-electron chi connectivity index (χ3n) is 3.02. The van der Waals surface area contributed by atoms with Crippen molar-refractivity contribution in [1.29, 1.82) is 0 Å². The first-order chi connectivity index (χ1) is 10.9. The molecule has 0 atom stereocenters. The van der Waals surface area contributed by atoms with E-state index in [4.69, 9.17) is 4.74 Å². The van der Waals surface area contributed by atoms with Gasteiger partial charge in [-0.25, -0.2) is 8.42 Å². The smallest absolute Gasteiger partial charge is 0.229 e. The summed E-state index contributed by atoms with van der Waals surface area (Å²) in [5, 5.41) is 0. The first-order valence-electron chi connectivity index (χ1n) is 6.82. The lowest BCUT2D eigenvalue weighted by molar-refractivity contribution is 0.104. The first kappa shape index (κ1) is 16.8. The average Bonchev–Trinajstić information content (AvgIpc) is 2.52. The molecule has 0 radical (unpaired) electrons. The van der Waals surface area contributed by atoms with Gasteiger partial charge in [-0.2, -0.15) is 0 Å². The lowest BCUT2D eigenvalue weighted by Gasteiger charge is -2.04. The highest BCUT2D eigenvalue weighted by Crippen LogP contribution is 2.14. The Hall–Kier alpha value is -2.60. The fraction of sp³-hybridized carbons (Fsp3) is 0.118. The van der Waals surface area contributed by atoms with Crippen LogP contribution in [0.15, 0.2) is 54.6 Å². The van der Waals surface area contributed by atoms with E-state index in [9.17, 15) is 13.2 Å². The second-order valence-electron chi connectivity index (χ2n) is 4.92. The summed E-state index contributed by atoms with van der Waals surface area (Å²) in [6.07, 6.45) is 4.26. The van der Waals surface area contributed by atoms with Gasteiger partial charge in [-0.1, -0.05) is 18.2 Å². The highest BCUT2D eigenvalue weighted by Gasteiger charge is 2.04. The Balaban J connectivity index is 2.06. The quantitative estimate of drug-likeness (QED) is 0.652. The average molecular weight is 331 g/mol. The summed E-state index contributed by atoms with van der Waals surface area (Å²) in [7, 11) is -1.73. The van der Waals surface area contributed by atoms with Gasteiger partial charge in [0, 0.05) is 11.3 Å². The van der Waals surface area contributed by atoms with Gasteiger partial charge in [0.2, 0.25) is 10.0 Å². The molecule has 0 saturated heterocycles. The van der Waals surface area contributed by atoms with Crippen LogP contribution in [0, 0.1) is 0 Å². The number of nitrogens with one attached hydrogen (secondary N) is 1. The molecule has 0 amide bonds. The molecule has 0 saturated carbocycles. The highest BCUT2D eigenvalue weighted by atomic mass is 32.2. The minimum Gasteiger partial charge on any atom is -0.497 e. The van der Waals surface area contributed by atoms with Crippen molar-refractivity contribution in [3.8, 4) is 5.75 Å². The molecule has 5 nitrogen and oxygen atoms in total. The van der Waals surface area contributed by atoms with Crippen molar-refractivity contribution < 1.29 is 17.9 Å². The number of ether oxygens (including phenoxy) is 1. The maximum atomic E-state index is 12.1. The van der Waals surface area contributed by atoms with Crippen LogP contribution >= 0.6 is 0 Å². The van der Waals surface area contributed by atoms with Gasteiger partial charge in [0.1, 0.15) is 5.75 Å². The van der Waals surface area contributed by atoms with E-state index in [1.807, 2.05) is 24.3 Å². The topological polar surface area (TPSA) is 72.5 Å². The number of carbonyl (C=O) groups excluding carboxylic acids is 1. The van der Waals surface area contributed by atoms with Crippen molar-refractivity contribution in [2.75, 3.05) is 18.1 Å². The van der Waals surface area contributed by atoms with Crippen molar-refractivity contribution in [2.24, 2.45) is 0 Å². The Morgan fingerprint density at radius 2 is 1.65 bits per heavy atom. The van der Waals surface area contributed by atoms with Crippen molar-refractivity contribution in [3.63, 3.8) is 0 Å². The zero-order chi connectivity index (χ0) is 16.9. The maximum Gasteiger partial charge on any atom is 0.229 e. The molecule has 0 fully saturated rings. The second kappa shape index (κ2) is 7.11. The maximum absolute atomic E-state index is 12.1. The van der Waals surface area contributed by atoms with E-state index in [1.165, 1.54) is 6.08 Å². The Morgan fingerprint density at radius 1 is 1.04 bits per heavy atom. The molecule has 120 valence electrons. The van der Waals surface area contributed by atoms with Crippen molar-refractivity contribution in [1.82, 2.24) is 0 Å². The van der Waals surface area contributed by atoms with Crippen LogP contribution < -0.4 is 9.46 Å². The predicted octanol–water partition coefficient (Wildman–Crippen LogP) is 2.96. The molecule has 6 heteroatoms. The fourth-order valence-corrected chi connectivity index (χ4v) is 2.46. The van der Waals surface area contributed by atoms with Gasteiger partial charge >= 0.3 is 0 Å². The number of hydrogen-bond donors (Lipinski definition) is 1. The predicted molar refractivity (Wildman–Crippen MR) is 91.3 cm³/mol. The van der Waals surface area contributed by atoms with Gasteiger partial charge in [-0.3, -0.25) is 9.52 Å². The van der Waals surface area contributed by atoms with Crippen LogP contribution in [0.2, 0.25) is 0 Å². The first-order valence-corrected chi connectivity index (χ1v) is 8.71. The van der Waals surface area contributed by atoms with Crippen LogP contribution in [-0.2, 0) is 10.0 Å². The van der Waals surface area contributed by atoms with Crippen LogP contribution in [0.4, 0.5) is 5.69 Å². The van der Waals surface area contributed by atoms with E-state index in [2.05, 4.69) is 4.72 Å². The van der Waals surface area contributed by atoms with Gasteiger partial charge in [0.15, 0.2) is 5.78 Å². The highest BCUT2D eigenvalue weighted by molar-refractivity contribution is 7.92. The van der Waals surface area contributed by atoms with Gasteiger partial charge in [-0.15, -0.1) is 0 Å². The number of hydrogen-bond acceptors (Lipinski definition) is 4. The Morgan fingerprint density at radius 3 is 2.17 bits per heavy atom. The molecule has 2 rings (SSSR count). The van der Waals surface area contributed by atoms with Crippen molar-refractivity contribution in [3.05, 3.63) is 65.7 Å². The molecule has 0 bridgehead atoms. The number of sulfonamides is 1. The van der Waals surface area contributed by atoms with Crippen LogP contribution in [0.5, 0.6) is 5.75 Å². The molecular formula is C17H17NO4S. The summed E-state index contributed by atoms with van der Waals surface area (Å²) in [6.45, 7) is 0. The Bertz CT molecular complexity index is 807. The van der Waals surface area contributed by atoms with Gasteiger partial charge in [-0.05, 0) is 48.0 Å². The largest absolute Gasteiger partial charge is 0.497 e. The summed E-state index contributed by atoms with van der Waals surface area (Å²) in [5.41, 5.74) is 1.78. The van der Waals surface area contributed by atoms with E-state index < -0.39 is 10.0 Å². The number of benzene rings is 2. The minimum atomic E-state index is -3.32. The molecule has 0 spiro atoms. The van der Waals surface area contributed by atoms with E-state index in [0.717, 1.165) is 17.6 Å². The molecule has 1 N–H and O–H groups in total. The van der Waals surface area contributed by atoms with E-state index in [1.54, 1.807) is 37.5 Å². The van der Waals surface area contributed by atoms with Gasteiger partial charge in [0.25, 0.3) is 0 Å². The number of allylic oxidation sites excluding steroid dienone is 1. The molecule has 2 aromatic carbocycles. The summed E-state index contributed by atoms with van der Waals surface area (Å²) in [4.78, 5) is 12.1. The number of rotatable bonds is 6. The van der Waals surface area contributed by atoms with Crippen molar-refractivity contribution >= 4 is 27.6 Å². The van der Waals surface area contributed by atoms with E-state index in [-0.39, 0.29) is 5.78 Å². The lowest BCUT2D eigenvalue weighted by Crippen LogP contribution is -2.09. The van der Waals surface area contributed by atoms with Crippen LogP contribution in [0.1, 0.15) is 15.9 Å². The van der Waals surface area contributed by atoms with E-state index in [0.29, 0.717) is 11.3 Å². The molecule has 0 aliphatic rings. The summed E-state index contributed by atoms with van der Waals surface area (Å²) >= 11 is 0. The standard InChI is InChI=1S/C17H17NO4S/c1-22-16-10-3-13(4-11-16)5-12-17(19)14-6-8-15(9-7-14)18-23(2,20)21/h3-12,18H,1-2H3. The summed E-state index contributed by atoms with van der Waals surface area (Å²) in [5.74, 6) is 0.592. The fourth-order valence-electron chi connectivity index (χ4n) is 1.90. The second-order valence-corrected chi connectivity index (χ2v) is 6.67. The number of anilines is 1. The molecule has 0 unspecified atom stereocenters. The summed E-state index contributed by atoms with van der Waals surface area (Å²) < 4.78 is 29.7. The molecule has 0 aliphatic carbocycles. The molecule has 2 aromatic rings. The number of methoxy groups -OCH3 is 1. The normalized spacial score (nSPS) is 11.4. The summed E-state index contributed by atoms with van der Waals surface area (Å²) in [6, 6.07) is 13.6. The van der Waals surface area contributed by atoms with Gasteiger partial charge in [0.05, 0.1) is 13.4 Å². The minimum absolute atomic E-state index is 0.160. The third-order valence-corrected chi connectivity index (χ3v) is 3.62. The number of carbonyl (C=O) groups is 1. The molecule has 0 aromatic heterocycles. The van der Waals surface area contributed by atoms with Crippen LogP contribution in [0.25, 0.3) is 6.08 Å². The lowest BCUT2D eigenvalue weighted by atomic mass is 10.1. The van der Waals surface area contributed by atoms with E-state index >= 15 is 0 Å². The zero-order valence-electron chi connectivity index (χ0n) is 12.8. The van der Waals surface area contributed by atoms with Crippen LogP contribution in [-0.4, -0.2) is 27.6 Å². The van der Waals surface area contributed by atoms with Crippen LogP contribution in [0.3, 0.4) is 0 Å². The SMILES string of the molecule is COc1ccc(C=CC(=O)c2ccc(NS(C)(=O)=O)cc2)cc1. The van der Waals surface area contributed by atoms with Crippen molar-refractivity contribution in [2.45, 2.75) is 0 Å². The molecule has 0 heterocycles.